The second kappa shape index (κ2) is 8.43. The molecule has 1 amide bonds. The molecule has 0 aliphatic rings. The van der Waals surface area contributed by atoms with Crippen molar-refractivity contribution < 1.29 is 37.0 Å². The number of amides is 1. The summed E-state index contributed by atoms with van der Waals surface area (Å²) in [5, 5.41) is 2.08. The SMILES string of the molecule is COc1cc(OC)cc(C(=O)OCC(=O)Nc2ccccc2C(F)(F)F)c1. The number of hydrogen-bond acceptors (Lipinski definition) is 5. The van der Waals surface area contributed by atoms with E-state index in [1.807, 2.05) is 0 Å². The van der Waals surface area contributed by atoms with Gasteiger partial charge in [-0.1, -0.05) is 12.1 Å². The molecule has 0 fully saturated rings. The molecule has 27 heavy (non-hydrogen) atoms. The van der Waals surface area contributed by atoms with Gasteiger partial charge in [0.15, 0.2) is 6.61 Å². The van der Waals surface area contributed by atoms with Crippen molar-refractivity contribution in [3.63, 3.8) is 0 Å². The fourth-order valence-corrected chi connectivity index (χ4v) is 2.17. The normalized spacial score (nSPS) is 10.9. The standard InChI is InChI=1S/C18H16F3NO5/c1-25-12-7-11(8-13(9-12)26-2)17(24)27-10-16(23)22-15-6-4-3-5-14(15)18(19,20)21/h3-9H,10H2,1-2H3,(H,22,23). The van der Waals surface area contributed by atoms with E-state index in [1.54, 1.807) is 0 Å². The molecule has 0 aromatic heterocycles. The van der Waals surface area contributed by atoms with E-state index >= 15 is 0 Å². The lowest BCUT2D eigenvalue weighted by molar-refractivity contribution is -0.137. The van der Waals surface area contributed by atoms with E-state index < -0.39 is 35.9 Å². The largest absolute Gasteiger partial charge is 0.497 e. The second-order valence-electron chi connectivity index (χ2n) is 5.27. The lowest BCUT2D eigenvalue weighted by Gasteiger charge is -2.13. The van der Waals surface area contributed by atoms with Crippen LogP contribution in [0.4, 0.5) is 18.9 Å². The summed E-state index contributed by atoms with van der Waals surface area (Å²) in [5.74, 6) is -1.09. The number of hydrogen-bond donors (Lipinski definition) is 1. The number of esters is 1. The van der Waals surface area contributed by atoms with Gasteiger partial charge in [-0.2, -0.15) is 13.2 Å². The van der Waals surface area contributed by atoms with E-state index in [4.69, 9.17) is 14.2 Å². The van der Waals surface area contributed by atoms with E-state index in [-0.39, 0.29) is 5.56 Å². The van der Waals surface area contributed by atoms with Crippen LogP contribution < -0.4 is 14.8 Å². The van der Waals surface area contributed by atoms with Crippen molar-refractivity contribution in [2.45, 2.75) is 6.18 Å². The van der Waals surface area contributed by atoms with Gasteiger partial charge in [-0.25, -0.2) is 4.79 Å². The molecule has 0 heterocycles. The summed E-state index contributed by atoms with van der Waals surface area (Å²) in [4.78, 5) is 23.9. The molecule has 0 saturated carbocycles. The Kier molecular flexibility index (Phi) is 6.27. The molecule has 6 nitrogen and oxygen atoms in total. The molecule has 144 valence electrons. The fourth-order valence-electron chi connectivity index (χ4n) is 2.17. The molecule has 0 radical (unpaired) electrons. The number of carbonyl (C=O) groups excluding carboxylic acids is 2. The van der Waals surface area contributed by atoms with Gasteiger partial charge < -0.3 is 19.5 Å². The van der Waals surface area contributed by atoms with E-state index in [2.05, 4.69) is 5.32 Å². The molecule has 0 aliphatic heterocycles. The van der Waals surface area contributed by atoms with Crippen molar-refractivity contribution in [1.29, 1.82) is 0 Å². The maximum atomic E-state index is 12.9. The molecule has 9 heteroatoms. The maximum Gasteiger partial charge on any atom is 0.418 e. The minimum absolute atomic E-state index is 0.0645. The first-order chi connectivity index (χ1) is 12.7. The van der Waals surface area contributed by atoms with Gasteiger partial charge in [-0.05, 0) is 24.3 Å². The maximum absolute atomic E-state index is 12.9. The summed E-state index contributed by atoms with van der Waals surface area (Å²) in [6.07, 6.45) is -4.63. The molecule has 0 bridgehead atoms. The third-order valence-corrected chi connectivity index (χ3v) is 3.43. The molecule has 2 rings (SSSR count). The number of halogens is 3. The Bertz CT molecular complexity index is 814. The smallest absolute Gasteiger partial charge is 0.418 e. The van der Waals surface area contributed by atoms with Crippen LogP contribution in [-0.2, 0) is 15.7 Å². The lowest BCUT2D eigenvalue weighted by atomic mass is 10.1. The quantitative estimate of drug-likeness (QED) is 0.773. The van der Waals surface area contributed by atoms with E-state index in [1.165, 1.54) is 44.6 Å². The van der Waals surface area contributed by atoms with E-state index in [0.717, 1.165) is 12.1 Å². The number of para-hydroxylation sites is 1. The Labute approximate surface area is 152 Å². The number of nitrogens with one attached hydrogen (secondary N) is 1. The van der Waals surface area contributed by atoms with Gasteiger partial charge in [0.25, 0.3) is 5.91 Å². The minimum atomic E-state index is -4.63. The number of rotatable bonds is 6. The average molecular weight is 383 g/mol. The van der Waals surface area contributed by atoms with Crippen LogP contribution in [0.5, 0.6) is 11.5 Å². The van der Waals surface area contributed by atoms with Crippen LogP contribution in [0, 0.1) is 0 Å². The zero-order valence-corrected chi connectivity index (χ0v) is 14.4. The van der Waals surface area contributed by atoms with Crippen molar-refractivity contribution in [2.75, 3.05) is 26.1 Å². The van der Waals surface area contributed by atoms with Crippen LogP contribution in [0.2, 0.25) is 0 Å². The summed E-state index contributed by atoms with van der Waals surface area (Å²) in [6, 6.07) is 8.79. The van der Waals surface area contributed by atoms with E-state index in [9.17, 15) is 22.8 Å². The van der Waals surface area contributed by atoms with Crippen LogP contribution in [0.15, 0.2) is 42.5 Å². The number of benzene rings is 2. The molecule has 2 aromatic carbocycles. The highest BCUT2D eigenvalue weighted by Gasteiger charge is 2.33. The van der Waals surface area contributed by atoms with Crippen LogP contribution in [0.1, 0.15) is 15.9 Å². The van der Waals surface area contributed by atoms with Crippen molar-refractivity contribution in [3.8, 4) is 11.5 Å². The zero-order valence-electron chi connectivity index (χ0n) is 14.4. The van der Waals surface area contributed by atoms with E-state index in [0.29, 0.717) is 11.5 Å². The minimum Gasteiger partial charge on any atom is -0.497 e. The predicted molar refractivity (Wildman–Crippen MR) is 89.9 cm³/mol. The van der Waals surface area contributed by atoms with Gasteiger partial charge in [0.1, 0.15) is 11.5 Å². The third-order valence-electron chi connectivity index (χ3n) is 3.43. The molecule has 0 aliphatic carbocycles. The number of carbonyl (C=O) groups is 2. The van der Waals surface area contributed by atoms with Crippen molar-refractivity contribution in [1.82, 2.24) is 0 Å². The summed E-state index contributed by atoms with van der Waals surface area (Å²) in [5.41, 5.74) is -1.36. The summed E-state index contributed by atoms with van der Waals surface area (Å²) < 4.78 is 53.6. The molecule has 0 saturated heterocycles. The highest BCUT2D eigenvalue weighted by molar-refractivity contribution is 5.96. The van der Waals surface area contributed by atoms with Gasteiger partial charge in [0, 0.05) is 6.07 Å². The number of ether oxygens (including phenoxy) is 3. The first-order valence-electron chi connectivity index (χ1n) is 7.61. The topological polar surface area (TPSA) is 73.9 Å². The fraction of sp³-hybridized carbons (Fsp3) is 0.222. The van der Waals surface area contributed by atoms with Crippen LogP contribution >= 0.6 is 0 Å². The van der Waals surface area contributed by atoms with Gasteiger partial charge in [-0.15, -0.1) is 0 Å². The van der Waals surface area contributed by atoms with Crippen LogP contribution in [0.25, 0.3) is 0 Å². The Hall–Kier alpha value is -3.23. The molecule has 0 unspecified atom stereocenters. The Morgan fingerprint density at radius 2 is 1.59 bits per heavy atom. The van der Waals surface area contributed by atoms with Crippen LogP contribution in [-0.4, -0.2) is 32.7 Å². The summed E-state index contributed by atoms with van der Waals surface area (Å²) in [6.45, 7) is -0.759. The third kappa shape index (κ3) is 5.37. The molecule has 0 spiro atoms. The number of anilines is 1. The Morgan fingerprint density at radius 3 is 2.15 bits per heavy atom. The molecule has 2 aromatic rings. The average Bonchev–Trinajstić information content (AvgIpc) is 2.65. The Morgan fingerprint density at radius 1 is 1.00 bits per heavy atom. The molecular formula is C18H16F3NO5. The van der Waals surface area contributed by atoms with Gasteiger partial charge >= 0.3 is 12.1 Å². The Balaban J connectivity index is 2.03. The van der Waals surface area contributed by atoms with Crippen LogP contribution in [0.3, 0.4) is 0 Å². The van der Waals surface area contributed by atoms with Gasteiger partial charge in [-0.3, -0.25) is 4.79 Å². The van der Waals surface area contributed by atoms with Crippen molar-refractivity contribution in [3.05, 3.63) is 53.6 Å². The lowest BCUT2D eigenvalue weighted by Crippen LogP contribution is -2.22. The summed E-state index contributed by atoms with van der Waals surface area (Å²) in [7, 11) is 2.80. The highest BCUT2D eigenvalue weighted by Crippen LogP contribution is 2.34. The molecule has 1 N–H and O–H groups in total. The summed E-state index contributed by atoms with van der Waals surface area (Å²) >= 11 is 0. The number of methoxy groups -OCH3 is 2. The van der Waals surface area contributed by atoms with Gasteiger partial charge in [0.2, 0.25) is 0 Å². The van der Waals surface area contributed by atoms with Crippen molar-refractivity contribution >= 4 is 17.6 Å². The zero-order chi connectivity index (χ0) is 20.0. The number of alkyl halides is 3. The second-order valence-corrected chi connectivity index (χ2v) is 5.27. The highest BCUT2D eigenvalue weighted by atomic mass is 19.4. The molecule has 0 atom stereocenters. The molecular weight excluding hydrogens is 367 g/mol. The predicted octanol–water partition coefficient (Wildman–Crippen LogP) is 3.52. The van der Waals surface area contributed by atoms with Gasteiger partial charge in [0.05, 0.1) is 31.0 Å². The first kappa shape index (κ1) is 20.1. The first-order valence-corrected chi connectivity index (χ1v) is 7.61. The van der Waals surface area contributed by atoms with Crippen molar-refractivity contribution in [2.24, 2.45) is 0 Å². The monoisotopic (exact) mass is 383 g/mol.